The molecule has 3 aromatic rings. The molecule has 3 N–H and O–H groups in total. The Kier molecular flexibility index (Phi) is 8.35. The maximum atomic E-state index is 12.5. The number of amides is 1. The van der Waals surface area contributed by atoms with Crippen molar-refractivity contribution in [2.24, 2.45) is 0 Å². The Morgan fingerprint density at radius 3 is 2.33 bits per heavy atom. The molecule has 0 radical (unpaired) electrons. The topological polar surface area (TPSA) is 113 Å². The molecule has 0 unspecified atom stereocenters. The van der Waals surface area contributed by atoms with Crippen molar-refractivity contribution < 1.29 is 19.4 Å². The van der Waals surface area contributed by atoms with Crippen LogP contribution in [0.15, 0.2) is 73.1 Å². The van der Waals surface area contributed by atoms with Gasteiger partial charge in [-0.1, -0.05) is 30.3 Å². The zero-order valence-corrected chi connectivity index (χ0v) is 18.5. The van der Waals surface area contributed by atoms with Crippen LogP contribution in [0.2, 0.25) is 0 Å². The van der Waals surface area contributed by atoms with Crippen molar-refractivity contribution in [2.75, 3.05) is 18.5 Å². The third-order valence-electron chi connectivity index (χ3n) is 5.07. The molecule has 1 heterocycles. The summed E-state index contributed by atoms with van der Waals surface area (Å²) in [5.41, 5.74) is -0.238. The summed E-state index contributed by atoms with van der Waals surface area (Å²) in [5, 5.41) is 15.6. The van der Waals surface area contributed by atoms with Crippen molar-refractivity contribution in [3.8, 4) is 5.75 Å². The van der Waals surface area contributed by atoms with Gasteiger partial charge < -0.3 is 20.5 Å². The third kappa shape index (κ3) is 7.31. The number of ether oxygens (including phenoxy) is 1. The molecule has 0 bridgehead atoms. The van der Waals surface area contributed by atoms with Crippen molar-refractivity contribution in [1.29, 1.82) is 0 Å². The smallest absolute Gasteiger partial charge is 0.329 e. The largest absolute Gasteiger partial charge is 0.494 e. The van der Waals surface area contributed by atoms with E-state index in [-0.39, 0.29) is 6.42 Å². The Balaban J connectivity index is 1.45. The molecule has 172 valence electrons. The molecule has 33 heavy (non-hydrogen) atoms. The molecular formula is C25H28N4O4. The van der Waals surface area contributed by atoms with E-state index in [1.165, 1.54) is 6.92 Å². The molecule has 3 rings (SSSR count). The lowest BCUT2D eigenvalue weighted by Crippen LogP contribution is -2.53. The molecule has 2 aromatic carbocycles. The van der Waals surface area contributed by atoms with Gasteiger partial charge in [0, 0.05) is 30.9 Å². The lowest BCUT2D eigenvalue weighted by molar-refractivity contribution is -0.143. The minimum atomic E-state index is -1.44. The van der Waals surface area contributed by atoms with Crippen LogP contribution >= 0.6 is 0 Å². The van der Waals surface area contributed by atoms with Gasteiger partial charge in [0.25, 0.3) is 5.91 Å². The van der Waals surface area contributed by atoms with E-state index in [2.05, 4.69) is 20.6 Å². The highest BCUT2D eigenvalue weighted by Crippen LogP contribution is 2.19. The van der Waals surface area contributed by atoms with Gasteiger partial charge in [0.1, 0.15) is 11.3 Å². The van der Waals surface area contributed by atoms with Gasteiger partial charge in [-0.2, -0.15) is 0 Å². The first-order valence-corrected chi connectivity index (χ1v) is 10.8. The van der Waals surface area contributed by atoms with Crippen molar-refractivity contribution in [3.05, 3.63) is 84.2 Å². The van der Waals surface area contributed by atoms with E-state index >= 15 is 0 Å². The minimum absolute atomic E-state index is 0.147. The summed E-state index contributed by atoms with van der Waals surface area (Å²) in [7, 11) is 0. The second-order valence-electron chi connectivity index (χ2n) is 7.83. The summed E-state index contributed by atoms with van der Waals surface area (Å²) in [4.78, 5) is 32.6. The second kappa shape index (κ2) is 11.6. The van der Waals surface area contributed by atoms with Crippen molar-refractivity contribution in [1.82, 2.24) is 15.3 Å². The number of carbonyl (C=O) groups is 2. The zero-order chi connectivity index (χ0) is 23.5. The third-order valence-corrected chi connectivity index (χ3v) is 5.07. The van der Waals surface area contributed by atoms with E-state index < -0.39 is 17.4 Å². The van der Waals surface area contributed by atoms with Crippen molar-refractivity contribution >= 4 is 17.8 Å². The fourth-order valence-corrected chi connectivity index (χ4v) is 3.20. The minimum Gasteiger partial charge on any atom is -0.494 e. The van der Waals surface area contributed by atoms with E-state index in [0.717, 1.165) is 24.9 Å². The van der Waals surface area contributed by atoms with Crippen LogP contribution < -0.4 is 15.4 Å². The fourth-order valence-electron chi connectivity index (χ4n) is 3.20. The van der Waals surface area contributed by atoms with Gasteiger partial charge in [0.05, 0.1) is 6.61 Å². The highest BCUT2D eigenvalue weighted by Gasteiger charge is 2.35. The number of carbonyl (C=O) groups excluding carboxylic acids is 1. The number of rotatable bonds is 12. The Morgan fingerprint density at radius 2 is 1.67 bits per heavy atom. The number of hydrogen-bond donors (Lipinski definition) is 3. The summed E-state index contributed by atoms with van der Waals surface area (Å²) in [6.45, 7) is 2.83. The second-order valence-corrected chi connectivity index (χ2v) is 7.83. The molecule has 0 saturated carbocycles. The van der Waals surface area contributed by atoms with Crippen LogP contribution in [0.5, 0.6) is 5.75 Å². The van der Waals surface area contributed by atoms with E-state index in [0.29, 0.717) is 23.9 Å². The monoisotopic (exact) mass is 448 g/mol. The molecule has 8 nitrogen and oxygen atoms in total. The quantitative estimate of drug-likeness (QED) is 0.363. The number of aliphatic carboxylic acids is 1. The maximum absolute atomic E-state index is 12.5. The number of aromatic nitrogens is 2. The van der Waals surface area contributed by atoms with Crippen LogP contribution in [0.25, 0.3) is 0 Å². The molecule has 0 aliphatic heterocycles. The molecule has 0 aliphatic rings. The molecule has 1 aromatic heterocycles. The van der Waals surface area contributed by atoms with Gasteiger partial charge >= 0.3 is 5.97 Å². The number of hydrogen-bond acceptors (Lipinski definition) is 6. The van der Waals surface area contributed by atoms with Crippen LogP contribution in [-0.4, -0.2) is 45.6 Å². The highest BCUT2D eigenvalue weighted by molar-refractivity contribution is 5.97. The number of carboxylic acid groups (broad SMARTS) is 1. The van der Waals surface area contributed by atoms with Crippen molar-refractivity contribution in [3.63, 3.8) is 0 Å². The SMILES string of the molecule is C[C@@](Cc1ccc(OCCCCNc2ncccn2)cc1)(NC(=O)c1ccccc1)C(=O)O. The van der Waals surface area contributed by atoms with Gasteiger partial charge in [-0.3, -0.25) is 4.79 Å². The molecule has 1 atom stereocenters. The predicted octanol–water partition coefficient (Wildman–Crippen LogP) is 3.56. The Labute approximate surface area is 193 Å². The summed E-state index contributed by atoms with van der Waals surface area (Å²) >= 11 is 0. The van der Waals surface area contributed by atoms with Crippen LogP contribution in [0.3, 0.4) is 0 Å². The summed E-state index contributed by atoms with van der Waals surface area (Å²) in [6.07, 6.45) is 5.31. The molecule has 8 heteroatoms. The maximum Gasteiger partial charge on any atom is 0.329 e. The number of nitrogens with zero attached hydrogens (tertiary/aromatic N) is 2. The predicted molar refractivity (Wildman–Crippen MR) is 125 cm³/mol. The molecule has 0 aliphatic carbocycles. The summed E-state index contributed by atoms with van der Waals surface area (Å²) < 4.78 is 5.77. The number of benzene rings is 2. The standard InChI is InChI=1S/C25H28N4O4/c1-25(23(31)32,29-22(30)20-8-3-2-4-9-20)18-19-10-12-21(13-11-19)33-17-6-5-14-26-24-27-15-7-16-28-24/h2-4,7-13,15-16H,5-6,14,17-18H2,1H3,(H,29,30)(H,31,32)(H,26,27,28)/t25-/m0/s1. The van der Waals surface area contributed by atoms with Gasteiger partial charge in [0.2, 0.25) is 5.95 Å². The van der Waals surface area contributed by atoms with E-state index in [9.17, 15) is 14.7 Å². The lowest BCUT2D eigenvalue weighted by Gasteiger charge is -2.26. The summed E-state index contributed by atoms with van der Waals surface area (Å²) in [6, 6.07) is 17.6. The van der Waals surface area contributed by atoms with Crippen LogP contribution in [0.4, 0.5) is 5.95 Å². The van der Waals surface area contributed by atoms with Crippen molar-refractivity contribution in [2.45, 2.75) is 31.7 Å². The molecule has 0 fully saturated rings. The highest BCUT2D eigenvalue weighted by atomic mass is 16.5. The fraction of sp³-hybridized carbons (Fsp3) is 0.280. The zero-order valence-electron chi connectivity index (χ0n) is 18.5. The summed E-state index contributed by atoms with van der Waals surface area (Å²) in [5.74, 6) is -0.193. The van der Waals surface area contributed by atoms with Crippen LogP contribution in [-0.2, 0) is 11.2 Å². The average Bonchev–Trinajstić information content (AvgIpc) is 2.83. The molecular weight excluding hydrogens is 420 g/mol. The van der Waals surface area contributed by atoms with E-state index in [4.69, 9.17) is 4.74 Å². The van der Waals surface area contributed by atoms with Gasteiger partial charge in [-0.15, -0.1) is 0 Å². The first-order valence-electron chi connectivity index (χ1n) is 10.8. The van der Waals surface area contributed by atoms with Crippen LogP contribution in [0.1, 0.15) is 35.7 Å². The first kappa shape index (κ1) is 23.7. The number of anilines is 1. The Bertz CT molecular complexity index is 1030. The number of nitrogens with one attached hydrogen (secondary N) is 2. The normalized spacial score (nSPS) is 12.4. The van der Waals surface area contributed by atoms with Gasteiger partial charge in [0.15, 0.2) is 0 Å². The first-order chi connectivity index (χ1) is 16.0. The number of unbranched alkanes of at least 4 members (excludes halogenated alkanes) is 1. The molecule has 0 saturated heterocycles. The molecule has 0 spiro atoms. The lowest BCUT2D eigenvalue weighted by atomic mass is 9.92. The average molecular weight is 449 g/mol. The number of carboxylic acids is 1. The van der Waals surface area contributed by atoms with Crippen LogP contribution in [0, 0.1) is 0 Å². The van der Waals surface area contributed by atoms with Gasteiger partial charge in [-0.25, -0.2) is 14.8 Å². The van der Waals surface area contributed by atoms with E-state index in [1.807, 2.05) is 24.3 Å². The Morgan fingerprint density at radius 1 is 0.970 bits per heavy atom. The Hall–Kier alpha value is -3.94. The van der Waals surface area contributed by atoms with Gasteiger partial charge in [-0.05, 0) is 55.7 Å². The molecule has 1 amide bonds. The van der Waals surface area contributed by atoms with E-state index in [1.54, 1.807) is 48.8 Å².